The van der Waals surface area contributed by atoms with Gasteiger partial charge in [-0.15, -0.1) is 0 Å². The van der Waals surface area contributed by atoms with Crippen molar-refractivity contribution >= 4 is 0 Å². The molecule has 16 heavy (non-hydrogen) atoms. The van der Waals surface area contributed by atoms with Crippen molar-refractivity contribution in [2.24, 2.45) is 17.8 Å². The number of nitrogens with one attached hydrogen (secondary N) is 1. The molecule has 0 radical (unpaired) electrons. The average molecular weight is 224 g/mol. The fraction of sp³-hybridized carbons (Fsp3) is 1.00. The van der Waals surface area contributed by atoms with Gasteiger partial charge in [0.15, 0.2) is 0 Å². The van der Waals surface area contributed by atoms with Gasteiger partial charge in [-0.25, -0.2) is 0 Å². The molecule has 1 aliphatic heterocycles. The van der Waals surface area contributed by atoms with Gasteiger partial charge in [0.2, 0.25) is 0 Å². The summed E-state index contributed by atoms with van der Waals surface area (Å²) in [7, 11) is 0. The Morgan fingerprint density at radius 3 is 2.75 bits per heavy atom. The third-order valence-corrected chi connectivity index (χ3v) is 4.46. The summed E-state index contributed by atoms with van der Waals surface area (Å²) in [5, 5.41) is 3.54. The fourth-order valence-electron chi connectivity index (χ4n) is 3.47. The summed E-state index contributed by atoms with van der Waals surface area (Å²) in [4.78, 5) is 2.75. The van der Waals surface area contributed by atoms with Gasteiger partial charge in [0, 0.05) is 32.2 Å². The van der Waals surface area contributed by atoms with Gasteiger partial charge in [0.05, 0.1) is 0 Å². The monoisotopic (exact) mass is 224 g/mol. The molecule has 2 rings (SSSR count). The molecule has 2 aliphatic rings. The van der Waals surface area contributed by atoms with E-state index in [1.165, 1.54) is 45.4 Å². The zero-order valence-corrected chi connectivity index (χ0v) is 11.2. The maximum atomic E-state index is 3.54. The topological polar surface area (TPSA) is 15.3 Å². The molecule has 3 unspecified atom stereocenters. The van der Waals surface area contributed by atoms with Crippen LogP contribution in [0.3, 0.4) is 0 Å². The van der Waals surface area contributed by atoms with Gasteiger partial charge in [-0.3, -0.25) is 4.90 Å². The first-order valence-electron chi connectivity index (χ1n) is 7.11. The summed E-state index contributed by atoms with van der Waals surface area (Å²) in [5.41, 5.74) is 0. The van der Waals surface area contributed by atoms with Crippen LogP contribution < -0.4 is 5.32 Å². The van der Waals surface area contributed by atoms with E-state index in [0.29, 0.717) is 0 Å². The molecule has 0 aromatic carbocycles. The lowest BCUT2D eigenvalue weighted by molar-refractivity contribution is 0.105. The minimum atomic E-state index is 0.768. The largest absolute Gasteiger partial charge is 0.314 e. The Hall–Kier alpha value is -0.0800. The zero-order chi connectivity index (χ0) is 11.5. The Morgan fingerprint density at radius 2 is 2.12 bits per heavy atom. The van der Waals surface area contributed by atoms with Gasteiger partial charge in [-0.05, 0) is 30.6 Å². The lowest BCUT2D eigenvalue weighted by Crippen LogP contribution is -2.54. The second-order valence-electron chi connectivity index (χ2n) is 6.29. The SMILES string of the molecule is CC1CCC(CN2CCNCC2C(C)C)C1. The molecule has 1 saturated heterocycles. The first kappa shape index (κ1) is 12.4. The Balaban J connectivity index is 1.86. The summed E-state index contributed by atoms with van der Waals surface area (Å²) in [6.45, 7) is 12.1. The number of hydrogen-bond donors (Lipinski definition) is 1. The lowest BCUT2D eigenvalue weighted by atomic mass is 9.97. The first-order chi connectivity index (χ1) is 7.66. The molecule has 2 nitrogen and oxygen atoms in total. The molecule has 1 heterocycles. The van der Waals surface area contributed by atoms with Crippen molar-refractivity contribution in [1.29, 1.82) is 0 Å². The third-order valence-electron chi connectivity index (χ3n) is 4.46. The quantitative estimate of drug-likeness (QED) is 0.791. The molecule has 1 N–H and O–H groups in total. The molecule has 0 aromatic rings. The minimum absolute atomic E-state index is 0.768. The highest BCUT2D eigenvalue weighted by Crippen LogP contribution is 2.31. The van der Waals surface area contributed by atoms with Crippen LogP contribution in [-0.2, 0) is 0 Å². The summed E-state index contributed by atoms with van der Waals surface area (Å²) < 4.78 is 0. The van der Waals surface area contributed by atoms with Crippen molar-refractivity contribution < 1.29 is 0 Å². The maximum absolute atomic E-state index is 3.54. The van der Waals surface area contributed by atoms with E-state index in [2.05, 4.69) is 31.0 Å². The summed E-state index contributed by atoms with van der Waals surface area (Å²) in [6, 6.07) is 0.768. The van der Waals surface area contributed by atoms with Gasteiger partial charge < -0.3 is 5.32 Å². The summed E-state index contributed by atoms with van der Waals surface area (Å²) in [6.07, 6.45) is 4.40. The molecule has 1 saturated carbocycles. The first-order valence-corrected chi connectivity index (χ1v) is 7.11. The van der Waals surface area contributed by atoms with Crippen molar-refractivity contribution in [1.82, 2.24) is 10.2 Å². The number of hydrogen-bond acceptors (Lipinski definition) is 2. The van der Waals surface area contributed by atoms with Crippen molar-refractivity contribution in [2.75, 3.05) is 26.2 Å². The van der Waals surface area contributed by atoms with Gasteiger partial charge in [0.25, 0.3) is 0 Å². The molecule has 2 heteroatoms. The van der Waals surface area contributed by atoms with Crippen LogP contribution in [0.25, 0.3) is 0 Å². The van der Waals surface area contributed by atoms with E-state index in [9.17, 15) is 0 Å². The summed E-state index contributed by atoms with van der Waals surface area (Å²) >= 11 is 0. The van der Waals surface area contributed by atoms with E-state index in [1.54, 1.807) is 0 Å². The number of piperazine rings is 1. The van der Waals surface area contributed by atoms with Crippen LogP contribution in [0.4, 0.5) is 0 Å². The van der Waals surface area contributed by atoms with Gasteiger partial charge >= 0.3 is 0 Å². The van der Waals surface area contributed by atoms with Crippen LogP contribution in [0.2, 0.25) is 0 Å². The highest BCUT2D eigenvalue weighted by atomic mass is 15.2. The van der Waals surface area contributed by atoms with Crippen LogP contribution >= 0.6 is 0 Å². The Morgan fingerprint density at radius 1 is 1.31 bits per heavy atom. The predicted octanol–water partition coefficient (Wildman–Crippen LogP) is 2.35. The van der Waals surface area contributed by atoms with Gasteiger partial charge in [-0.1, -0.05) is 27.2 Å². The lowest BCUT2D eigenvalue weighted by Gasteiger charge is -2.40. The molecule has 1 aliphatic carbocycles. The molecule has 0 aromatic heterocycles. The van der Waals surface area contributed by atoms with E-state index in [4.69, 9.17) is 0 Å². The van der Waals surface area contributed by atoms with Crippen LogP contribution in [0.5, 0.6) is 0 Å². The smallest absolute Gasteiger partial charge is 0.0244 e. The van der Waals surface area contributed by atoms with Crippen molar-refractivity contribution in [3.63, 3.8) is 0 Å². The number of nitrogens with zero attached hydrogens (tertiary/aromatic N) is 1. The molecule has 3 atom stereocenters. The normalized spacial score (nSPS) is 37.1. The van der Waals surface area contributed by atoms with Crippen LogP contribution in [0.15, 0.2) is 0 Å². The molecular formula is C14H28N2. The number of rotatable bonds is 3. The molecular weight excluding hydrogens is 196 g/mol. The fourth-order valence-corrected chi connectivity index (χ4v) is 3.47. The van der Waals surface area contributed by atoms with E-state index in [-0.39, 0.29) is 0 Å². The molecule has 0 spiro atoms. The highest BCUT2D eigenvalue weighted by molar-refractivity contribution is 4.85. The molecule has 0 bridgehead atoms. The van der Waals surface area contributed by atoms with E-state index in [1.807, 2.05) is 0 Å². The van der Waals surface area contributed by atoms with Crippen molar-refractivity contribution in [3.05, 3.63) is 0 Å². The second kappa shape index (κ2) is 5.50. The van der Waals surface area contributed by atoms with E-state index in [0.717, 1.165) is 23.8 Å². The van der Waals surface area contributed by atoms with Crippen LogP contribution in [0, 0.1) is 17.8 Å². The Bertz CT molecular complexity index is 215. The van der Waals surface area contributed by atoms with E-state index >= 15 is 0 Å². The average Bonchev–Trinajstić information content (AvgIpc) is 2.64. The van der Waals surface area contributed by atoms with Crippen LogP contribution in [0.1, 0.15) is 40.0 Å². The van der Waals surface area contributed by atoms with E-state index < -0.39 is 0 Å². The van der Waals surface area contributed by atoms with Crippen molar-refractivity contribution in [3.8, 4) is 0 Å². The second-order valence-corrected chi connectivity index (χ2v) is 6.29. The molecule has 0 amide bonds. The highest BCUT2D eigenvalue weighted by Gasteiger charge is 2.29. The van der Waals surface area contributed by atoms with Gasteiger partial charge in [0.1, 0.15) is 0 Å². The van der Waals surface area contributed by atoms with Gasteiger partial charge in [-0.2, -0.15) is 0 Å². The predicted molar refractivity (Wildman–Crippen MR) is 69.6 cm³/mol. The minimum Gasteiger partial charge on any atom is -0.314 e. The standard InChI is InChI=1S/C14H28N2/c1-11(2)14-9-15-6-7-16(14)10-13-5-4-12(3)8-13/h11-15H,4-10H2,1-3H3. The van der Waals surface area contributed by atoms with Crippen molar-refractivity contribution in [2.45, 2.75) is 46.1 Å². The Kier molecular flexibility index (Phi) is 4.26. The Labute approximate surface area is 101 Å². The van der Waals surface area contributed by atoms with Crippen LogP contribution in [-0.4, -0.2) is 37.1 Å². The third kappa shape index (κ3) is 2.98. The zero-order valence-electron chi connectivity index (χ0n) is 11.2. The maximum Gasteiger partial charge on any atom is 0.0244 e. The molecule has 94 valence electrons. The molecule has 2 fully saturated rings. The summed E-state index contributed by atoms with van der Waals surface area (Å²) in [5.74, 6) is 2.74.